The highest BCUT2D eigenvalue weighted by molar-refractivity contribution is 5.69. The molecule has 0 aromatic heterocycles. The van der Waals surface area contributed by atoms with Crippen molar-refractivity contribution in [1.82, 2.24) is 4.90 Å². The molecule has 0 spiro atoms. The molecular formula is C11H19NO3. The summed E-state index contributed by atoms with van der Waals surface area (Å²) in [6, 6.07) is 0. The second-order valence-corrected chi connectivity index (χ2v) is 5.68. The fraction of sp³-hybridized carbons (Fsp3) is 0.909. The third-order valence-electron chi connectivity index (χ3n) is 3.00. The Balaban J connectivity index is 1.77. The highest BCUT2D eigenvalue weighted by atomic mass is 16.6. The summed E-state index contributed by atoms with van der Waals surface area (Å²) in [7, 11) is 0. The SMILES string of the molecule is CC(C)(C)OC(=O)N1CC(C2(C)CO2)C1. The average Bonchev–Trinajstić information content (AvgIpc) is 2.59. The molecule has 0 bridgehead atoms. The Bertz CT molecular complexity index is 272. The smallest absolute Gasteiger partial charge is 0.410 e. The topological polar surface area (TPSA) is 42.1 Å². The number of likely N-dealkylation sites (tertiary alicyclic amines) is 1. The standard InChI is InChI=1S/C11H19NO3/c1-10(2,3)15-9(13)12-5-8(6-12)11(4)7-14-11/h8H,5-7H2,1-4H3. The third-order valence-corrected chi connectivity index (χ3v) is 3.00. The lowest BCUT2D eigenvalue weighted by Crippen LogP contribution is -2.56. The van der Waals surface area contributed by atoms with Gasteiger partial charge in [-0.05, 0) is 27.7 Å². The molecule has 2 aliphatic rings. The van der Waals surface area contributed by atoms with E-state index in [1.807, 2.05) is 20.8 Å². The Morgan fingerprint density at radius 3 is 2.40 bits per heavy atom. The van der Waals surface area contributed by atoms with Crippen molar-refractivity contribution in [2.45, 2.75) is 38.9 Å². The fourth-order valence-corrected chi connectivity index (χ4v) is 1.69. The van der Waals surface area contributed by atoms with E-state index in [1.165, 1.54) is 0 Å². The molecule has 2 fully saturated rings. The molecule has 2 heterocycles. The first-order valence-corrected chi connectivity index (χ1v) is 5.42. The highest BCUT2D eigenvalue weighted by Crippen LogP contribution is 2.40. The van der Waals surface area contributed by atoms with Gasteiger partial charge in [0.2, 0.25) is 0 Å². The van der Waals surface area contributed by atoms with E-state index >= 15 is 0 Å². The monoisotopic (exact) mass is 213 g/mol. The maximum absolute atomic E-state index is 11.6. The molecule has 0 aliphatic carbocycles. The van der Waals surface area contributed by atoms with Crippen molar-refractivity contribution in [3.8, 4) is 0 Å². The van der Waals surface area contributed by atoms with Gasteiger partial charge in [0, 0.05) is 19.0 Å². The van der Waals surface area contributed by atoms with Crippen LogP contribution in [0.1, 0.15) is 27.7 Å². The molecule has 2 saturated heterocycles. The van der Waals surface area contributed by atoms with Gasteiger partial charge in [0.05, 0.1) is 12.2 Å². The third kappa shape index (κ3) is 2.25. The summed E-state index contributed by atoms with van der Waals surface area (Å²) in [6.45, 7) is 10.1. The highest BCUT2D eigenvalue weighted by Gasteiger charge is 2.53. The maximum atomic E-state index is 11.6. The summed E-state index contributed by atoms with van der Waals surface area (Å²) in [6.07, 6.45) is -0.206. The second-order valence-electron chi connectivity index (χ2n) is 5.68. The molecule has 2 rings (SSSR count). The van der Waals surface area contributed by atoms with Crippen LogP contribution in [-0.4, -0.2) is 41.9 Å². The van der Waals surface area contributed by atoms with E-state index in [0.29, 0.717) is 5.92 Å². The predicted octanol–water partition coefficient (Wildman–Crippen LogP) is 1.64. The van der Waals surface area contributed by atoms with E-state index in [1.54, 1.807) is 4.90 Å². The molecule has 0 radical (unpaired) electrons. The van der Waals surface area contributed by atoms with Crippen molar-refractivity contribution in [3.05, 3.63) is 0 Å². The Kier molecular flexibility index (Phi) is 2.23. The number of rotatable bonds is 1. The average molecular weight is 213 g/mol. The van der Waals surface area contributed by atoms with Gasteiger partial charge in [-0.1, -0.05) is 0 Å². The van der Waals surface area contributed by atoms with E-state index in [0.717, 1.165) is 19.7 Å². The van der Waals surface area contributed by atoms with Gasteiger partial charge in [-0.15, -0.1) is 0 Å². The number of nitrogens with zero attached hydrogens (tertiary/aromatic N) is 1. The summed E-state index contributed by atoms with van der Waals surface area (Å²) in [5.74, 6) is 0.491. The van der Waals surface area contributed by atoms with Gasteiger partial charge in [-0.2, -0.15) is 0 Å². The van der Waals surface area contributed by atoms with Gasteiger partial charge in [0.1, 0.15) is 5.60 Å². The molecule has 2 aliphatic heterocycles. The van der Waals surface area contributed by atoms with Gasteiger partial charge >= 0.3 is 6.09 Å². The Hall–Kier alpha value is -0.770. The molecule has 4 heteroatoms. The van der Waals surface area contributed by atoms with Crippen molar-refractivity contribution in [1.29, 1.82) is 0 Å². The van der Waals surface area contributed by atoms with Gasteiger partial charge in [0.25, 0.3) is 0 Å². The quantitative estimate of drug-likeness (QED) is 0.622. The summed E-state index contributed by atoms with van der Waals surface area (Å²) < 4.78 is 10.6. The number of ether oxygens (including phenoxy) is 2. The summed E-state index contributed by atoms with van der Waals surface area (Å²) in [5.41, 5.74) is -0.360. The van der Waals surface area contributed by atoms with E-state index in [4.69, 9.17) is 9.47 Å². The first-order chi connectivity index (χ1) is 6.80. The number of amides is 1. The Morgan fingerprint density at radius 2 is 2.00 bits per heavy atom. The Labute approximate surface area is 90.5 Å². The normalized spacial score (nSPS) is 31.1. The Morgan fingerprint density at radius 1 is 1.47 bits per heavy atom. The molecule has 1 unspecified atom stereocenters. The van der Waals surface area contributed by atoms with Gasteiger partial charge in [0.15, 0.2) is 0 Å². The molecule has 4 nitrogen and oxygen atoms in total. The van der Waals surface area contributed by atoms with E-state index in [2.05, 4.69) is 6.92 Å². The first-order valence-electron chi connectivity index (χ1n) is 5.42. The van der Waals surface area contributed by atoms with Crippen molar-refractivity contribution in [3.63, 3.8) is 0 Å². The van der Waals surface area contributed by atoms with Crippen LogP contribution in [0, 0.1) is 5.92 Å². The zero-order valence-corrected chi connectivity index (χ0v) is 9.87. The lowest BCUT2D eigenvalue weighted by Gasteiger charge is -2.41. The van der Waals surface area contributed by atoms with Crippen molar-refractivity contribution in [2.24, 2.45) is 5.92 Å². The van der Waals surface area contributed by atoms with Crippen LogP contribution in [0.4, 0.5) is 4.79 Å². The van der Waals surface area contributed by atoms with Crippen LogP contribution in [0.3, 0.4) is 0 Å². The van der Waals surface area contributed by atoms with Gasteiger partial charge < -0.3 is 14.4 Å². The number of carbonyl (C=O) groups excluding carboxylic acids is 1. The zero-order valence-electron chi connectivity index (χ0n) is 9.87. The van der Waals surface area contributed by atoms with Gasteiger partial charge in [-0.25, -0.2) is 4.79 Å². The van der Waals surface area contributed by atoms with Crippen LogP contribution < -0.4 is 0 Å². The van der Waals surface area contributed by atoms with E-state index in [-0.39, 0.29) is 11.7 Å². The van der Waals surface area contributed by atoms with Crippen LogP contribution in [0.5, 0.6) is 0 Å². The summed E-state index contributed by atoms with van der Waals surface area (Å²) in [4.78, 5) is 13.3. The summed E-state index contributed by atoms with van der Waals surface area (Å²) >= 11 is 0. The summed E-state index contributed by atoms with van der Waals surface area (Å²) in [5, 5.41) is 0. The second kappa shape index (κ2) is 3.11. The molecule has 0 aromatic carbocycles. The number of carbonyl (C=O) groups is 1. The molecule has 86 valence electrons. The van der Waals surface area contributed by atoms with E-state index in [9.17, 15) is 4.79 Å². The number of hydrogen-bond acceptors (Lipinski definition) is 3. The molecule has 0 N–H and O–H groups in total. The van der Waals surface area contributed by atoms with Gasteiger partial charge in [-0.3, -0.25) is 0 Å². The van der Waals surface area contributed by atoms with E-state index < -0.39 is 5.60 Å². The van der Waals surface area contributed by atoms with Crippen molar-refractivity contribution < 1.29 is 14.3 Å². The molecule has 0 saturated carbocycles. The largest absolute Gasteiger partial charge is 0.444 e. The van der Waals surface area contributed by atoms with Crippen LogP contribution in [0.25, 0.3) is 0 Å². The lowest BCUT2D eigenvalue weighted by atomic mass is 9.88. The maximum Gasteiger partial charge on any atom is 0.410 e. The molecular weight excluding hydrogens is 194 g/mol. The van der Waals surface area contributed by atoms with Crippen molar-refractivity contribution in [2.75, 3.05) is 19.7 Å². The van der Waals surface area contributed by atoms with Crippen LogP contribution in [-0.2, 0) is 9.47 Å². The lowest BCUT2D eigenvalue weighted by molar-refractivity contribution is -0.0135. The zero-order chi connectivity index (χ0) is 11.3. The molecule has 0 aromatic rings. The first kappa shape index (κ1) is 10.7. The minimum Gasteiger partial charge on any atom is -0.444 e. The predicted molar refractivity (Wildman–Crippen MR) is 55.7 cm³/mol. The fourth-order valence-electron chi connectivity index (χ4n) is 1.69. The van der Waals surface area contributed by atoms with Crippen LogP contribution >= 0.6 is 0 Å². The van der Waals surface area contributed by atoms with Crippen molar-refractivity contribution >= 4 is 6.09 Å². The number of epoxide rings is 1. The molecule has 15 heavy (non-hydrogen) atoms. The minimum atomic E-state index is -0.401. The minimum absolute atomic E-state index is 0.0402. The van der Waals surface area contributed by atoms with Crippen LogP contribution in [0.15, 0.2) is 0 Å². The number of hydrogen-bond donors (Lipinski definition) is 0. The molecule has 1 atom stereocenters. The van der Waals surface area contributed by atoms with Crippen LogP contribution in [0.2, 0.25) is 0 Å². The molecule has 1 amide bonds.